The number of phosphoric ester groups is 2. The highest BCUT2D eigenvalue weighted by Gasteiger charge is 2.30. The number of aliphatic hydroxyl groups is 1. The Bertz CT molecular complexity index is 1910. The van der Waals surface area contributed by atoms with Crippen LogP contribution < -0.4 is 0 Å². The van der Waals surface area contributed by atoms with Crippen molar-refractivity contribution in [2.24, 2.45) is 0 Å². The molecule has 0 aliphatic carbocycles. The van der Waals surface area contributed by atoms with Crippen LogP contribution >= 0.6 is 15.6 Å². The molecule has 0 heterocycles. The Labute approximate surface area is 619 Å². The summed E-state index contributed by atoms with van der Waals surface area (Å²) in [5, 5.41) is 10.6. The second-order valence-corrected chi connectivity index (χ2v) is 32.4. The number of phosphoric acid groups is 2. The van der Waals surface area contributed by atoms with Crippen LogP contribution in [0.25, 0.3) is 0 Å². The number of esters is 4. The number of carbonyl (C=O) groups excluding carboxylic acids is 4. The van der Waals surface area contributed by atoms with Gasteiger partial charge in [0.2, 0.25) is 0 Å². The fraction of sp³-hybridized carbons (Fsp3) is 0.951. The summed E-state index contributed by atoms with van der Waals surface area (Å²) in [5.41, 5.74) is 0. The summed E-state index contributed by atoms with van der Waals surface area (Å²) in [6, 6.07) is 0. The highest BCUT2D eigenvalue weighted by molar-refractivity contribution is 7.47. The molecule has 0 rings (SSSR count). The van der Waals surface area contributed by atoms with Crippen molar-refractivity contribution in [3.63, 3.8) is 0 Å². The number of ether oxygens (including phenoxy) is 4. The lowest BCUT2D eigenvalue weighted by Gasteiger charge is -2.21. The van der Waals surface area contributed by atoms with Gasteiger partial charge in [-0.25, -0.2) is 9.13 Å². The third kappa shape index (κ3) is 76.1. The fourth-order valence-corrected chi connectivity index (χ4v) is 14.4. The van der Waals surface area contributed by atoms with Crippen LogP contribution in [0.1, 0.15) is 445 Å². The molecule has 0 fully saturated rings. The van der Waals surface area contributed by atoms with Crippen LogP contribution in [-0.4, -0.2) is 96.7 Å². The minimum Gasteiger partial charge on any atom is -0.462 e. The van der Waals surface area contributed by atoms with E-state index in [0.717, 1.165) is 89.9 Å². The quantitative estimate of drug-likeness (QED) is 0.0222. The van der Waals surface area contributed by atoms with Crippen molar-refractivity contribution in [2.75, 3.05) is 39.6 Å². The summed E-state index contributed by atoms with van der Waals surface area (Å²) in [7, 11) is -9.92. The van der Waals surface area contributed by atoms with Crippen molar-refractivity contribution >= 4 is 39.5 Å². The molecule has 0 bridgehead atoms. The molecule has 0 aliphatic heterocycles. The molecule has 600 valence electrons. The van der Waals surface area contributed by atoms with E-state index in [1.165, 1.54) is 276 Å². The summed E-state index contributed by atoms with van der Waals surface area (Å²) in [5.74, 6) is -2.10. The van der Waals surface area contributed by atoms with E-state index < -0.39 is 97.5 Å². The van der Waals surface area contributed by atoms with E-state index >= 15 is 0 Å². The van der Waals surface area contributed by atoms with Crippen molar-refractivity contribution in [3.8, 4) is 0 Å². The number of aliphatic hydroxyl groups excluding tert-OH is 1. The molecule has 0 aromatic heterocycles. The van der Waals surface area contributed by atoms with Gasteiger partial charge >= 0.3 is 39.5 Å². The molecular formula is C82H160O17P2. The maximum Gasteiger partial charge on any atom is 0.472 e. The summed E-state index contributed by atoms with van der Waals surface area (Å²) in [6.45, 7) is 5.02. The molecule has 0 saturated heterocycles. The fourth-order valence-electron chi connectivity index (χ4n) is 12.8. The maximum atomic E-state index is 13.1. The molecule has 0 saturated carbocycles. The van der Waals surface area contributed by atoms with Crippen LogP contribution in [0.5, 0.6) is 0 Å². The second-order valence-electron chi connectivity index (χ2n) is 29.5. The zero-order valence-corrected chi connectivity index (χ0v) is 67.7. The lowest BCUT2D eigenvalue weighted by molar-refractivity contribution is -0.161. The molecule has 0 aliphatic rings. The number of hydrogen-bond donors (Lipinski definition) is 3. The standard InChI is InChI=1S/C82H160O17P2/c1-5-9-13-17-21-25-28-31-34-37-38-40-43-46-49-53-57-61-65-69-82(87)99-78(73-93-80(85)67-63-59-55-51-47-44-42-39-35-32-29-26-22-18-14-10-6-2)75-97-101(90,91)95-71-76(83)70-94-100(88,89)96-74-77(72-92-79(84)66-62-58-54-50-24-20-16-12-8-4)98-81(86)68-64-60-56-52-48-45-41-36-33-30-27-23-19-15-11-7-3/h76-78,83H,5-75H2,1-4H3,(H,88,89)(H,90,91)/t76-,77+,78+/m0/s1. The Morgan fingerprint density at radius 1 is 0.238 bits per heavy atom. The van der Waals surface area contributed by atoms with Crippen molar-refractivity contribution in [1.29, 1.82) is 0 Å². The lowest BCUT2D eigenvalue weighted by Crippen LogP contribution is -2.30. The van der Waals surface area contributed by atoms with Gasteiger partial charge in [0.25, 0.3) is 0 Å². The van der Waals surface area contributed by atoms with Crippen LogP contribution in [-0.2, 0) is 65.4 Å². The van der Waals surface area contributed by atoms with E-state index in [9.17, 15) is 43.2 Å². The Morgan fingerprint density at radius 3 is 0.584 bits per heavy atom. The van der Waals surface area contributed by atoms with E-state index in [0.29, 0.717) is 25.7 Å². The molecule has 2 unspecified atom stereocenters. The van der Waals surface area contributed by atoms with Crippen molar-refractivity contribution in [3.05, 3.63) is 0 Å². The van der Waals surface area contributed by atoms with Crippen LogP contribution in [0.4, 0.5) is 0 Å². The molecule has 101 heavy (non-hydrogen) atoms. The summed E-state index contributed by atoms with van der Waals surface area (Å²) >= 11 is 0. The second kappa shape index (κ2) is 76.3. The molecule has 17 nitrogen and oxygen atoms in total. The number of hydrogen-bond acceptors (Lipinski definition) is 15. The normalized spacial score (nSPS) is 13.8. The van der Waals surface area contributed by atoms with Gasteiger partial charge in [-0.15, -0.1) is 0 Å². The van der Waals surface area contributed by atoms with E-state index in [-0.39, 0.29) is 25.7 Å². The molecule has 0 aromatic rings. The molecule has 0 spiro atoms. The SMILES string of the molecule is CCCCCCCCCCCCCCCCCCCCCC(=O)O[C@H](COC(=O)CCCCCCCCCCCCCCCCCCC)COP(=O)(O)OC[C@@H](O)COP(=O)(O)OC[C@@H](COC(=O)CCCCCCCCCCC)OC(=O)CCCCCCCCCCCCCCCCCC. The smallest absolute Gasteiger partial charge is 0.462 e. The van der Waals surface area contributed by atoms with Gasteiger partial charge < -0.3 is 33.8 Å². The van der Waals surface area contributed by atoms with E-state index in [2.05, 4.69) is 27.7 Å². The molecule has 0 radical (unpaired) electrons. The number of unbranched alkanes of at least 4 members (excludes halogenated alkanes) is 57. The summed E-state index contributed by atoms with van der Waals surface area (Å²) in [6.07, 6.45) is 69.4. The minimum atomic E-state index is -4.96. The summed E-state index contributed by atoms with van der Waals surface area (Å²) < 4.78 is 68.7. The number of rotatable bonds is 83. The topological polar surface area (TPSA) is 237 Å². The molecule has 3 N–H and O–H groups in total. The van der Waals surface area contributed by atoms with Gasteiger partial charge in [0.15, 0.2) is 12.2 Å². The third-order valence-corrected chi connectivity index (χ3v) is 21.3. The van der Waals surface area contributed by atoms with Crippen LogP contribution in [0.3, 0.4) is 0 Å². The molecule has 0 amide bonds. The van der Waals surface area contributed by atoms with E-state index in [1.54, 1.807) is 0 Å². The Hall–Kier alpha value is -1.94. The van der Waals surface area contributed by atoms with Crippen molar-refractivity contribution in [2.45, 2.75) is 463 Å². The average molecular weight is 1480 g/mol. The van der Waals surface area contributed by atoms with E-state index in [4.69, 9.17) is 37.0 Å². The highest BCUT2D eigenvalue weighted by Crippen LogP contribution is 2.45. The van der Waals surface area contributed by atoms with Crippen molar-refractivity contribution in [1.82, 2.24) is 0 Å². The maximum absolute atomic E-state index is 13.1. The zero-order chi connectivity index (χ0) is 73.9. The first-order chi connectivity index (χ1) is 49.2. The predicted octanol–water partition coefficient (Wildman–Crippen LogP) is 25.0. The monoisotopic (exact) mass is 1480 g/mol. The Morgan fingerprint density at radius 2 is 0.396 bits per heavy atom. The largest absolute Gasteiger partial charge is 0.472 e. The van der Waals surface area contributed by atoms with Gasteiger partial charge in [0.05, 0.1) is 26.4 Å². The molecular weight excluding hydrogens is 1320 g/mol. The van der Waals surface area contributed by atoms with Crippen molar-refractivity contribution < 1.29 is 80.2 Å². The first-order valence-electron chi connectivity index (χ1n) is 42.8. The van der Waals surface area contributed by atoms with Crippen LogP contribution in [0, 0.1) is 0 Å². The highest BCUT2D eigenvalue weighted by atomic mass is 31.2. The van der Waals surface area contributed by atoms with Crippen LogP contribution in [0.15, 0.2) is 0 Å². The summed E-state index contributed by atoms with van der Waals surface area (Å²) in [4.78, 5) is 73.0. The first kappa shape index (κ1) is 99.1. The minimum absolute atomic E-state index is 0.109. The molecule has 0 aromatic carbocycles. The van der Waals surface area contributed by atoms with Crippen LogP contribution in [0.2, 0.25) is 0 Å². The Kier molecular flexibility index (Phi) is 74.8. The third-order valence-electron chi connectivity index (χ3n) is 19.4. The predicted molar refractivity (Wildman–Crippen MR) is 414 cm³/mol. The van der Waals surface area contributed by atoms with Gasteiger partial charge in [-0.1, -0.05) is 394 Å². The molecule has 5 atom stereocenters. The van der Waals surface area contributed by atoms with Gasteiger partial charge in [-0.05, 0) is 25.7 Å². The zero-order valence-electron chi connectivity index (χ0n) is 65.9. The van der Waals surface area contributed by atoms with Gasteiger partial charge in [-0.2, -0.15) is 0 Å². The number of carbonyl (C=O) groups is 4. The molecule has 19 heteroatoms. The van der Waals surface area contributed by atoms with Gasteiger partial charge in [0.1, 0.15) is 19.3 Å². The lowest BCUT2D eigenvalue weighted by atomic mass is 10.0. The Balaban J connectivity index is 5.21. The first-order valence-corrected chi connectivity index (χ1v) is 45.8. The van der Waals surface area contributed by atoms with Gasteiger partial charge in [0, 0.05) is 25.7 Å². The van der Waals surface area contributed by atoms with Gasteiger partial charge in [-0.3, -0.25) is 37.3 Å². The average Bonchev–Trinajstić information content (AvgIpc) is 1.46. The van der Waals surface area contributed by atoms with E-state index in [1.807, 2.05) is 0 Å².